The van der Waals surface area contributed by atoms with Crippen LogP contribution in [0.15, 0.2) is 53.7 Å². The first-order valence-corrected chi connectivity index (χ1v) is 6.22. The van der Waals surface area contributed by atoms with Gasteiger partial charge in [0.25, 0.3) is 0 Å². The fourth-order valence-corrected chi connectivity index (χ4v) is 1.77. The predicted molar refractivity (Wildman–Crippen MR) is 79.6 cm³/mol. The molecule has 0 fully saturated rings. The number of halogens is 1. The molecule has 0 saturated heterocycles. The summed E-state index contributed by atoms with van der Waals surface area (Å²) >= 11 is 5.65. The third-order valence-corrected chi connectivity index (χ3v) is 2.71. The van der Waals surface area contributed by atoms with Crippen LogP contribution in [-0.4, -0.2) is 0 Å². The first kappa shape index (κ1) is 13.3. The number of anilines is 1. The van der Waals surface area contributed by atoms with Crippen LogP contribution < -0.4 is 16.2 Å². The van der Waals surface area contributed by atoms with Crippen LogP contribution in [0.3, 0.4) is 0 Å². The van der Waals surface area contributed by atoms with Gasteiger partial charge >= 0.3 is 0 Å². The fraction of sp³-hybridized carbons (Fsp3) is 0.0667. The van der Waals surface area contributed by atoms with E-state index in [0.29, 0.717) is 12.3 Å². The molecule has 0 bridgehead atoms. The third-order valence-electron chi connectivity index (χ3n) is 2.60. The Bertz CT molecular complexity index is 578. The van der Waals surface area contributed by atoms with E-state index in [1.807, 2.05) is 42.5 Å². The van der Waals surface area contributed by atoms with Gasteiger partial charge in [-0.1, -0.05) is 41.9 Å². The second-order valence-electron chi connectivity index (χ2n) is 4.09. The molecule has 0 aliphatic carbocycles. The van der Waals surface area contributed by atoms with Gasteiger partial charge in [-0.3, -0.25) is 0 Å². The highest BCUT2D eigenvalue weighted by Gasteiger charge is 2.01. The van der Waals surface area contributed by atoms with E-state index in [0.717, 1.165) is 16.9 Å². The van der Waals surface area contributed by atoms with E-state index in [-0.39, 0.29) is 5.16 Å². The molecule has 0 atom stereocenters. The topological polar surface area (TPSA) is 61.3 Å². The van der Waals surface area contributed by atoms with Crippen molar-refractivity contribution in [1.29, 1.82) is 0 Å². The largest absolute Gasteiger partial charge is 0.489 e. The summed E-state index contributed by atoms with van der Waals surface area (Å²) in [5.74, 6) is 0.724. The summed E-state index contributed by atoms with van der Waals surface area (Å²) in [6.45, 7) is 0.504. The molecule has 0 radical (unpaired) electrons. The highest BCUT2D eigenvalue weighted by molar-refractivity contribution is 6.31. The van der Waals surface area contributed by atoms with Gasteiger partial charge in [0.05, 0.1) is 5.16 Å². The number of ether oxygens (including phenoxy) is 1. The molecule has 2 rings (SSSR count). The monoisotopic (exact) mass is 274 g/mol. The smallest absolute Gasteiger partial charge is 0.120 e. The van der Waals surface area contributed by atoms with E-state index in [4.69, 9.17) is 27.8 Å². The van der Waals surface area contributed by atoms with E-state index < -0.39 is 0 Å². The van der Waals surface area contributed by atoms with E-state index in [2.05, 4.69) is 0 Å². The molecular formula is C15H15ClN2O. The third kappa shape index (κ3) is 3.93. The first-order valence-electron chi connectivity index (χ1n) is 5.84. The summed E-state index contributed by atoms with van der Waals surface area (Å²) in [4.78, 5) is 0. The summed E-state index contributed by atoms with van der Waals surface area (Å²) in [5.41, 5.74) is 13.7. The van der Waals surface area contributed by atoms with Gasteiger partial charge < -0.3 is 16.2 Å². The van der Waals surface area contributed by atoms with E-state index in [1.54, 1.807) is 12.1 Å². The second kappa shape index (κ2) is 6.16. The van der Waals surface area contributed by atoms with E-state index >= 15 is 0 Å². The maximum absolute atomic E-state index is 5.83. The zero-order valence-corrected chi connectivity index (χ0v) is 11.1. The molecule has 0 heterocycles. The Kier molecular flexibility index (Phi) is 4.31. The average Bonchev–Trinajstić information content (AvgIpc) is 2.40. The van der Waals surface area contributed by atoms with E-state index in [1.165, 1.54) is 0 Å². The predicted octanol–water partition coefficient (Wildman–Crippen LogP) is 3.34. The molecule has 0 aliphatic rings. The van der Waals surface area contributed by atoms with Crippen LogP contribution in [-0.2, 0) is 6.61 Å². The van der Waals surface area contributed by atoms with Gasteiger partial charge in [0.15, 0.2) is 0 Å². The number of hydrogen-bond acceptors (Lipinski definition) is 3. The van der Waals surface area contributed by atoms with Crippen LogP contribution in [0.4, 0.5) is 5.69 Å². The highest BCUT2D eigenvalue weighted by Crippen LogP contribution is 2.22. The zero-order valence-electron chi connectivity index (χ0n) is 10.3. The van der Waals surface area contributed by atoms with Gasteiger partial charge in [-0.05, 0) is 29.8 Å². The van der Waals surface area contributed by atoms with Crippen molar-refractivity contribution in [2.24, 2.45) is 5.73 Å². The minimum Gasteiger partial charge on any atom is -0.489 e. The summed E-state index contributed by atoms with van der Waals surface area (Å²) in [6.07, 6.45) is 1.60. The molecule has 0 spiro atoms. The van der Waals surface area contributed by atoms with Crippen LogP contribution in [0.2, 0.25) is 0 Å². The van der Waals surface area contributed by atoms with Crippen molar-refractivity contribution >= 4 is 23.4 Å². The molecule has 2 aromatic carbocycles. The molecule has 0 aromatic heterocycles. The van der Waals surface area contributed by atoms with Crippen LogP contribution in [0.5, 0.6) is 5.75 Å². The zero-order chi connectivity index (χ0) is 13.7. The normalized spacial score (nSPS) is 11.3. The number of hydrogen-bond donors (Lipinski definition) is 2. The van der Waals surface area contributed by atoms with Crippen LogP contribution in [0, 0.1) is 0 Å². The van der Waals surface area contributed by atoms with Crippen molar-refractivity contribution < 1.29 is 4.74 Å². The quantitative estimate of drug-likeness (QED) is 0.664. The Morgan fingerprint density at radius 3 is 2.58 bits per heavy atom. The number of nitrogens with two attached hydrogens (primary N) is 2. The Morgan fingerprint density at radius 2 is 1.89 bits per heavy atom. The molecule has 98 valence electrons. The van der Waals surface area contributed by atoms with Gasteiger partial charge in [-0.25, -0.2) is 0 Å². The number of benzene rings is 2. The lowest BCUT2D eigenvalue weighted by Crippen LogP contribution is -1.97. The molecule has 0 unspecified atom stereocenters. The van der Waals surface area contributed by atoms with Crippen molar-refractivity contribution in [2.75, 3.05) is 5.73 Å². The Balaban J connectivity index is 2.11. The van der Waals surface area contributed by atoms with Gasteiger partial charge in [0.2, 0.25) is 0 Å². The lowest BCUT2D eigenvalue weighted by atomic mass is 10.1. The highest BCUT2D eigenvalue weighted by atomic mass is 35.5. The minimum atomic E-state index is 0.187. The summed E-state index contributed by atoms with van der Waals surface area (Å²) in [6, 6.07) is 15.3. The second-order valence-corrected chi connectivity index (χ2v) is 4.53. The maximum Gasteiger partial charge on any atom is 0.120 e. The Hall–Kier alpha value is -2.13. The lowest BCUT2D eigenvalue weighted by Gasteiger charge is -2.08. The van der Waals surface area contributed by atoms with E-state index in [9.17, 15) is 0 Å². The average molecular weight is 275 g/mol. The van der Waals surface area contributed by atoms with Crippen molar-refractivity contribution in [1.82, 2.24) is 0 Å². The Morgan fingerprint density at radius 1 is 1.16 bits per heavy atom. The van der Waals surface area contributed by atoms with Gasteiger partial charge in [-0.15, -0.1) is 0 Å². The SMILES string of the molecule is N/C(Cl)=C\c1cc(OCc2ccccc2)ccc1N. The lowest BCUT2D eigenvalue weighted by molar-refractivity contribution is 0.306. The van der Waals surface area contributed by atoms with Crippen molar-refractivity contribution in [3.05, 3.63) is 64.8 Å². The molecular weight excluding hydrogens is 260 g/mol. The molecule has 0 saturated carbocycles. The summed E-state index contributed by atoms with van der Waals surface area (Å²) in [5, 5.41) is 0.187. The van der Waals surface area contributed by atoms with Crippen molar-refractivity contribution in [3.63, 3.8) is 0 Å². The van der Waals surface area contributed by atoms with Crippen LogP contribution in [0.1, 0.15) is 11.1 Å². The van der Waals surface area contributed by atoms with Gasteiger partial charge in [0.1, 0.15) is 12.4 Å². The van der Waals surface area contributed by atoms with Crippen LogP contribution >= 0.6 is 11.6 Å². The molecule has 19 heavy (non-hydrogen) atoms. The van der Waals surface area contributed by atoms with Crippen LogP contribution in [0.25, 0.3) is 6.08 Å². The fourth-order valence-electron chi connectivity index (χ4n) is 1.66. The standard InChI is InChI=1S/C15H15ClN2O/c16-15(18)9-12-8-13(6-7-14(12)17)19-10-11-4-2-1-3-5-11/h1-9H,10,17-18H2/b15-9-. The number of nitrogen functional groups attached to an aromatic ring is 1. The maximum atomic E-state index is 5.83. The number of rotatable bonds is 4. The van der Waals surface area contributed by atoms with Gasteiger partial charge in [-0.2, -0.15) is 0 Å². The minimum absolute atomic E-state index is 0.187. The van der Waals surface area contributed by atoms with Crippen molar-refractivity contribution in [3.8, 4) is 5.75 Å². The Labute approximate surface area is 117 Å². The van der Waals surface area contributed by atoms with Gasteiger partial charge in [0, 0.05) is 11.3 Å². The first-order chi connectivity index (χ1) is 9.15. The molecule has 0 amide bonds. The molecule has 4 N–H and O–H groups in total. The molecule has 3 nitrogen and oxygen atoms in total. The summed E-state index contributed by atoms with van der Waals surface area (Å²) in [7, 11) is 0. The molecule has 0 aliphatic heterocycles. The molecule has 4 heteroatoms. The summed E-state index contributed by atoms with van der Waals surface area (Å²) < 4.78 is 5.70. The van der Waals surface area contributed by atoms with Crippen molar-refractivity contribution in [2.45, 2.75) is 6.61 Å². The molecule has 2 aromatic rings.